The molecule has 0 spiro atoms. The maximum Gasteiger partial charge on any atom is 0.0691 e. The Balaban J connectivity index is 1.89. The van der Waals surface area contributed by atoms with Gasteiger partial charge in [0, 0.05) is 24.3 Å². The van der Waals surface area contributed by atoms with Crippen LogP contribution in [0.2, 0.25) is 0 Å². The van der Waals surface area contributed by atoms with Crippen molar-refractivity contribution in [1.29, 1.82) is 0 Å². The lowest BCUT2D eigenvalue weighted by Gasteiger charge is -2.33. The Labute approximate surface area is 113 Å². The third-order valence-electron chi connectivity index (χ3n) is 3.50. The molecule has 3 heteroatoms. The Morgan fingerprint density at radius 3 is 2.76 bits per heavy atom. The maximum absolute atomic E-state index is 4.27. The average molecular weight is 297 g/mol. The molecule has 2 rings (SSSR count). The molecule has 0 N–H and O–H groups in total. The zero-order valence-corrected chi connectivity index (χ0v) is 12.1. The molecule has 1 fully saturated rings. The third kappa shape index (κ3) is 3.46. The highest BCUT2D eigenvalue weighted by atomic mass is 79.9. The molecule has 94 valence electrons. The van der Waals surface area contributed by atoms with Gasteiger partial charge in [0.05, 0.1) is 6.04 Å². The topological polar surface area (TPSA) is 6.48 Å². The molecule has 0 amide bonds. The fourth-order valence-corrected chi connectivity index (χ4v) is 3.03. The first kappa shape index (κ1) is 12.9. The molecular formula is C14H21BrN2. The van der Waals surface area contributed by atoms with Crippen LogP contribution in [0, 0.1) is 0 Å². The molecule has 0 aliphatic carbocycles. The van der Waals surface area contributed by atoms with E-state index in [-0.39, 0.29) is 0 Å². The minimum Gasteiger partial charge on any atom is -0.369 e. The number of hydrogen-bond acceptors (Lipinski definition) is 2. The van der Waals surface area contributed by atoms with Crippen LogP contribution in [0.15, 0.2) is 35.0 Å². The first-order valence-corrected chi connectivity index (χ1v) is 7.13. The van der Waals surface area contributed by atoms with Crippen LogP contribution in [-0.4, -0.2) is 42.5 Å². The fraction of sp³-hybridized carbons (Fsp3) is 0.571. The van der Waals surface area contributed by atoms with Gasteiger partial charge in [0.15, 0.2) is 0 Å². The minimum absolute atomic E-state index is 0.346. The molecule has 0 aromatic rings. The zero-order valence-electron chi connectivity index (χ0n) is 10.5. The lowest BCUT2D eigenvalue weighted by molar-refractivity contribution is 0.238. The molecule has 0 aromatic carbocycles. The molecule has 2 aliphatic heterocycles. The van der Waals surface area contributed by atoms with Gasteiger partial charge in [0.2, 0.25) is 0 Å². The summed E-state index contributed by atoms with van der Waals surface area (Å²) in [5.74, 6) is 0. The fourth-order valence-electron chi connectivity index (χ4n) is 2.56. The van der Waals surface area contributed by atoms with E-state index in [2.05, 4.69) is 57.7 Å². The van der Waals surface area contributed by atoms with Gasteiger partial charge in [-0.25, -0.2) is 0 Å². The second-order valence-corrected chi connectivity index (χ2v) is 5.89. The lowest BCUT2D eigenvalue weighted by Crippen LogP contribution is -2.37. The molecule has 17 heavy (non-hydrogen) atoms. The first-order chi connectivity index (χ1) is 8.16. The van der Waals surface area contributed by atoms with Gasteiger partial charge in [-0.05, 0) is 53.5 Å². The second-order valence-electron chi connectivity index (χ2n) is 4.98. The van der Waals surface area contributed by atoms with Crippen molar-refractivity contribution < 1.29 is 0 Å². The van der Waals surface area contributed by atoms with E-state index in [1.54, 1.807) is 0 Å². The molecule has 1 unspecified atom stereocenters. The van der Waals surface area contributed by atoms with Crippen molar-refractivity contribution in [3.63, 3.8) is 0 Å². The highest BCUT2D eigenvalue weighted by Crippen LogP contribution is 2.21. The summed E-state index contributed by atoms with van der Waals surface area (Å²) < 4.78 is 1.13. The standard InChI is InChI=1S/C14H21BrN2/c1-12(10-17-8-4-3-5-9-17)14-7-6-13(15)11-16(14)2/h6-7,11,14H,1,3-5,8-10H2,2H3. The molecule has 2 heterocycles. The number of likely N-dealkylation sites (N-methyl/N-ethyl adjacent to an activating group) is 1. The van der Waals surface area contributed by atoms with Crippen LogP contribution < -0.4 is 0 Å². The predicted octanol–water partition coefficient (Wildman–Crippen LogP) is 3.14. The van der Waals surface area contributed by atoms with Crippen molar-refractivity contribution in [1.82, 2.24) is 9.80 Å². The summed E-state index contributed by atoms with van der Waals surface area (Å²) in [5.41, 5.74) is 1.29. The number of likely N-dealkylation sites (tertiary alicyclic amines) is 1. The van der Waals surface area contributed by atoms with Crippen molar-refractivity contribution in [2.75, 3.05) is 26.7 Å². The highest BCUT2D eigenvalue weighted by molar-refractivity contribution is 9.11. The number of hydrogen-bond donors (Lipinski definition) is 0. The molecule has 0 aromatic heterocycles. The van der Waals surface area contributed by atoms with Crippen LogP contribution >= 0.6 is 15.9 Å². The third-order valence-corrected chi connectivity index (χ3v) is 3.97. The predicted molar refractivity (Wildman–Crippen MR) is 77.1 cm³/mol. The van der Waals surface area contributed by atoms with Gasteiger partial charge < -0.3 is 4.90 Å². The summed E-state index contributed by atoms with van der Waals surface area (Å²) in [5, 5.41) is 0. The SMILES string of the molecule is C=C(CN1CCCCC1)C1C=CC(Br)=CN1C. The first-order valence-electron chi connectivity index (χ1n) is 6.34. The van der Waals surface area contributed by atoms with E-state index >= 15 is 0 Å². The number of rotatable bonds is 3. The smallest absolute Gasteiger partial charge is 0.0691 e. The largest absolute Gasteiger partial charge is 0.369 e. The Bertz CT molecular complexity index is 340. The van der Waals surface area contributed by atoms with E-state index in [9.17, 15) is 0 Å². The summed E-state index contributed by atoms with van der Waals surface area (Å²) >= 11 is 3.50. The molecular weight excluding hydrogens is 276 g/mol. The average Bonchev–Trinajstić information content (AvgIpc) is 2.30. The van der Waals surface area contributed by atoms with Crippen molar-refractivity contribution in [2.24, 2.45) is 0 Å². The molecule has 2 aliphatic rings. The van der Waals surface area contributed by atoms with Crippen molar-refractivity contribution in [3.05, 3.63) is 35.0 Å². The Kier molecular flexibility index (Phi) is 4.46. The van der Waals surface area contributed by atoms with E-state index in [4.69, 9.17) is 0 Å². The second kappa shape index (κ2) is 5.87. The molecule has 0 radical (unpaired) electrons. The van der Waals surface area contributed by atoms with E-state index in [0.717, 1.165) is 11.0 Å². The van der Waals surface area contributed by atoms with E-state index in [0.29, 0.717) is 6.04 Å². The lowest BCUT2D eigenvalue weighted by atomic mass is 10.0. The van der Waals surface area contributed by atoms with Gasteiger partial charge in [-0.15, -0.1) is 0 Å². The van der Waals surface area contributed by atoms with Gasteiger partial charge in [-0.1, -0.05) is 19.1 Å². The van der Waals surface area contributed by atoms with E-state index < -0.39 is 0 Å². The molecule has 1 atom stereocenters. The van der Waals surface area contributed by atoms with Crippen molar-refractivity contribution in [3.8, 4) is 0 Å². The summed E-state index contributed by atoms with van der Waals surface area (Å²) in [6.07, 6.45) is 10.5. The monoisotopic (exact) mass is 296 g/mol. The number of piperidine rings is 1. The number of nitrogens with zero attached hydrogens (tertiary/aromatic N) is 2. The molecule has 2 nitrogen and oxygen atoms in total. The Morgan fingerprint density at radius 1 is 1.41 bits per heavy atom. The van der Waals surface area contributed by atoms with Crippen molar-refractivity contribution >= 4 is 15.9 Å². The van der Waals surface area contributed by atoms with Gasteiger partial charge in [0.25, 0.3) is 0 Å². The summed E-state index contributed by atoms with van der Waals surface area (Å²) in [6.45, 7) is 7.77. The van der Waals surface area contributed by atoms with Gasteiger partial charge in [-0.2, -0.15) is 0 Å². The summed E-state index contributed by atoms with van der Waals surface area (Å²) in [7, 11) is 2.11. The summed E-state index contributed by atoms with van der Waals surface area (Å²) in [6, 6.07) is 0.346. The van der Waals surface area contributed by atoms with Gasteiger partial charge in [-0.3, -0.25) is 4.90 Å². The maximum atomic E-state index is 4.27. The Hall–Kier alpha value is -0.540. The minimum atomic E-state index is 0.346. The molecule has 0 bridgehead atoms. The quantitative estimate of drug-likeness (QED) is 0.738. The normalized spacial score (nSPS) is 25.9. The Morgan fingerprint density at radius 2 is 2.12 bits per heavy atom. The van der Waals surface area contributed by atoms with Gasteiger partial charge in [0.1, 0.15) is 0 Å². The van der Waals surface area contributed by atoms with Crippen LogP contribution in [-0.2, 0) is 0 Å². The molecule has 1 saturated heterocycles. The summed E-state index contributed by atoms with van der Waals surface area (Å²) in [4.78, 5) is 4.75. The van der Waals surface area contributed by atoms with Crippen molar-refractivity contribution in [2.45, 2.75) is 25.3 Å². The van der Waals surface area contributed by atoms with Crippen LogP contribution in [0.3, 0.4) is 0 Å². The van der Waals surface area contributed by atoms with Gasteiger partial charge >= 0.3 is 0 Å². The highest BCUT2D eigenvalue weighted by Gasteiger charge is 2.19. The van der Waals surface area contributed by atoms with Crippen LogP contribution in [0.5, 0.6) is 0 Å². The molecule has 0 saturated carbocycles. The number of allylic oxidation sites excluding steroid dienone is 2. The zero-order chi connectivity index (χ0) is 12.3. The van der Waals surface area contributed by atoms with Crippen LogP contribution in [0.4, 0.5) is 0 Å². The number of halogens is 1. The van der Waals surface area contributed by atoms with Crippen LogP contribution in [0.25, 0.3) is 0 Å². The van der Waals surface area contributed by atoms with Crippen LogP contribution in [0.1, 0.15) is 19.3 Å². The van der Waals surface area contributed by atoms with E-state index in [1.165, 1.54) is 37.9 Å². The van der Waals surface area contributed by atoms with E-state index in [1.807, 2.05) is 0 Å².